The third kappa shape index (κ3) is 4.32. The smallest absolute Gasteiger partial charge is 0.0730 e. The minimum Gasteiger partial charge on any atom is -0.328 e. The summed E-state index contributed by atoms with van der Waals surface area (Å²) < 4.78 is 0. The zero-order valence-electron chi connectivity index (χ0n) is 14.2. The first-order chi connectivity index (χ1) is 11.6. The van der Waals surface area contributed by atoms with E-state index in [9.17, 15) is 0 Å². The number of aryl methyl sites for hydroxylation is 1. The van der Waals surface area contributed by atoms with Gasteiger partial charge in [0.05, 0.1) is 16.4 Å². The maximum Gasteiger partial charge on any atom is 0.0730 e. The molecule has 0 bridgehead atoms. The van der Waals surface area contributed by atoms with Crippen molar-refractivity contribution in [2.75, 3.05) is 0 Å². The third-order valence-electron chi connectivity index (χ3n) is 4.92. The van der Waals surface area contributed by atoms with Crippen molar-refractivity contribution in [3.05, 3.63) is 58.6 Å². The standard InChI is InChI=1S/C19H25ClN4/c1-14-4-2-10-22-18(14)12-24(16-8-6-15(21)7-9-16)13-19-17(20)5-3-11-23-19/h2-5,10-11,15-16H,6-9,12-13,21H2,1H3. The maximum atomic E-state index is 6.34. The van der Waals surface area contributed by atoms with Crippen LogP contribution in [-0.2, 0) is 13.1 Å². The highest BCUT2D eigenvalue weighted by Crippen LogP contribution is 2.26. The number of rotatable bonds is 5. The van der Waals surface area contributed by atoms with Gasteiger partial charge in [-0.3, -0.25) is 14.9 Å². The van der Waals surface area contributed by atoms with E-state index in [2.05, 4.69) is 27.9 Å². The molecule has 1 aliphatic carbocycles. The zero-order chi connectivity index (χ0) is 16.9. The molecule has 4 nitrogen and oxygen atoms in total. The molecule has 0 saturated heterocycles. The average Bonchev–Trinajstić information content (AvgIpc) is 2.59. The second kappa shape index (κ2) is 8.06. The molecule has 5 heteroatoms. The topological polar surface area (TPSA) is 55.0 Å². The van der Waals surface area contributed by atoms with Crippen molar-refractivity contribution in [3.63, 3.8) is 0 Å². The van der Waals surface area contributed by atoms with E-state index in [-0.39, 0.29) is 0 Å². The fourth-order valence-electron chi connectivity index (χ4n) is 3.38. The monoisotopic (exact) mass is 344 g/mol. The second-order valence-corrected chi connectivity index (χ2v) is 7.08. The van der Waals surface area contributed by atoms with Crippen molar-refractivity contribution in [3.8, 4) is 0 Å². The van der Waals surface area contributed by atoms with Crippen LogP contribution in [0.15, 0.2) is 36.7 Å². The number of hydrogen-bond acceptors (Lipinski definition) is 4. The SMILES string of the molecule is Cc1cccnc1CN(Cc1ncccc1Cl)C1CCC(N)CC1. The van der Waals surface area contributed by atoms with E-state index in [0.29, 0.717) is 12.1 Å². The van der Waals surface area contributed by atoms with Gasteiger partial charge in [0, 0.05) is 37.6 Å². The van der Waals surface area contributed by atoms with Gasteiger partial charge in [0.1, 0.15) is 0 Å². The predicted octanol–water partition coefficient (Wildman–Crippen LogP) is 3.71. The summed E-state index contributed by atoms with van der Waals surface area (Å²) in [6.45, 7) is 3.68. The molecule has 1 saturated carbocycles. The number of pyridine rings is 2. The molecular formula is C19H25ClN4. The summed E-state index contributed by atoms with van der Waals surface area (Å²) in [7, 11) is 0. The molecule has 0 unspecified atom stereocenters. The third-order valence-corrected chi connectivity index (χ3v) is 5.26. The van der Waals surface area contributed by atoms with Crippen molar-refractivity contribution < 1.29 is 0 Å². The Morgan fingerprint density at radius 1 is 1.04 bits per heavy atom. The Labute approximate surface area is 149 Å². The number of nitrogens with two attached hydrogens (primary N) is 1. The van der Waals surface area contributed by atoms with E-state index in [1.165, 1.54) is 5.56 Å². The molecule has 0 aromatic carbocycles. The Hall–Kier alpha value is -1.49. The van der Waals surface area contributed by atoms with Gasteiger partial charge in [-0.05, 0) is 56.4 Å². The fourth-order valence-corrected chi connectivity index (χ4v) is 3.57. The predicted molar refractivity (Wildman–Crippen MR) is 97.7 cm³/mol. The summed E-state index contributed by atoms with van der Waals surface area (Å²) in [5.41, 5.74) is 9.37. The number of hydrogen-bond donors (Lipinski definition) is 1. The quantitative estimate of drug-likeness (QED) is 0.898. The Morgan fingerprint density at radius 3 is 2.33 bits per heavy atom. The van der Waals surface area contributed by atoms with Gasteiger partial charge in [-0.2, -0.15) is 0 Å². The van der Waals surface area contributed by atoms with E-state index in [0.717, 1.165) is 55.2 Å². The van der Waals surface area contributed by atoms with Gasteiger partial charge in [0.2, 0.25) is 0 Å². The summed E-state index contributed by atoms with van der Waals surface area (Å²) in [5, 5.41) is 0.729. The average molecular weight is 345 g/mol. The summed E-state index contributed by atoms with van der Waals surface area (Å²) >= 11 is 6.34. The van der Waals surface area contributed by atoms with Crippen molar-refractivity contribution in [2.24, 2.45) is 5.73 Å². The van der Waals surface area contributed by atoms with E-state index >= 15 is 0 Å². The molecule has 0 radical (unpaired) electrons. The first-order valence-electron chi connectivity index (χ1n) is 8.63. The number of aromatic nitrogens is 2. The molecule has 2 heterocycles. The summed E-state index contributed by atoms with van der Waals surface area (Å²) in [6.07, 6.45) is 8.08. The summed E-state index contributed by atoms with van der Waals surface area (Å²) in [5.74, 6) is 0. The molecule has 128 valence electrons. The van der Waals surface area contributed by atoms with E-state index in [1.54, 1.807) is 0 Å². The normalized spacial score (nSPS) is 21.2. The first-order valence-corrected chi connectivity index (χ1v) is 9.01. The Morgan fingerprint density at radius 2 is 1.67 bits per heavy atom. The van der Waals surface area contributed by atoms with Crippen LogP contribution in [0.2, 0.25) is 5.02 Å². The molecule has 1 aliphatic rings. The summed E-state index contributed by atoms with van der Waals surface area (Å²) in [6, 6.07) is 8.73. The minimum atomic E-state index is 0.345. The fraction of sp³-hybridized carbons (Fsp3) is 0.474. The van der Waals surface area contributed by atoms with Crippen molar-refractivity contribution in [1.82, 2.24) is 14.9 Å². The highest BCUT2D eigenvalue weighted by molar-refractivity contribution is 6.31. The highest BCUT2D eigenvalue weighted by atomic mass is 35.5. The van der Waals surface area contributed by atoms with Gasteiger partial charge in [-0.15, -0.1) is 0 Å². The van der Waals surface area contributed by atoms with E-state index in [1.807, 2.05) is 30.6 Å². The lowest BCUT2D eigenvalue weighted by atomic mass is 9.90. The van der Waals surface area contributed by atoms with Gasteiger partial charge in [0.25, 0.3) is 0 Å². The minimum absolute atomic E-state index is 0.345. The molecule has 1 fully saturated rings. The molecule has 0 amide bonds. The number of halogens is 1. The molecule has 2 aromatic rings. The van der Waals surface area contributed by atoms with Crippen LogP contribution in [0.4, 0.5) is 0 Å². The van der Waals surface area contributed by atoms with Crippen LogP contribution in [0.1, 0.15) is 42.6 Å². The molecule has 0 spiro atoms. The van der Waals surface area contributed by atoms with Gasteiger partial charge in [-0.25, -0.2) is 0 Å². The lowest BCUT2D eigenvalue weighted by Gasteiger charge is -2.36. The highest BCUT2D eigenvalue weighted by Gasteiger charge is 2.26. The van der Waals surface area contributed by atoms with Crippen LogP contribution in [-0.4, -0.2) is 27.0 Å². The second-order valence-electron chi connectivity index (χ2n) is 6.67. The molecule has 24 heavy (non-hydrogen) atoms. The van der Waals surface area contributed by atoms with Crippen molar-refractivity contribution >= 4 is 11.6 Å². The lowest BCUT2D eigenvalue weighted by molar-refractivity contribution is 0.130. The van der Waals surface area contributed by atoms with Crippen LogP contribution in [0.3, 0.4) is 0 Å². The molecule has 2 aromatic heterocycles. The molecular weight excluding hydrogens is 320 g/mol. The van der Waals surface area contributed by atoms with Gasteiger partial charge >= 0.3 is 0 Å². The van der Waals surface area contributed by atoms with Crippen molar-refractivity contribution in [1.29, 1.82) is 0 Å². The summed E-state index contributed by atoms with van der Waals surface area (Å²) in [4.78, 5) is 11.5. The van der Waals surface area contributed by atoms with Crippen LogP contribution < -0.4 is 5.73 Å². The lowest BCUT2D eigenvalue weighted by Crippen LogP contribution is -2.40. The maximum absolute atomic E-state index is 6.34. The van der Waals surface area contributed by atoms with Gasteiger partial charge in [-0.1, -0.05) is 17.7 Å². The molecule has 3 rings (SSSR count). The van der Waals surface area contributed by atoms with Crippen LogP contribution in [0.25, 0.3) is 0 Å². The van der Waals surface area contributed by atoms with Gasteiger partial charge < -0.3 is 5.73 Å². The first kappa shape index (κ1) is 17.3. The van der Waals surface area contributed by atoms with Crippen molar-refractivity contribution in [2.45, 2.75) is 57.8 Å². The zero-order valence-corrected chi connectivity index (χ0v) is 14.9. The Kier molecular flexibility index (Phi) is 5.82. The molecule has 2 N–H and O–H groups in total. The van der Waals surface area contributed by atoms with E-state index < -0.39 is 0 Å². The molecule has 0 atom stereocenters. The van der Waals surface area contributed by atoms with Crippen LogP contribution in [0.5, 0.6) is 0 Å². The largest absolute Gasteiger partial charge is 0.328 e. The molecule has 0 aliphatic heterocycles. The Balaban J connectivity index is 1.80. The Bertz CT molecular complexity index is 620. The number of nitrogens with zero attached hydrogens (tertiary/aromatic N) is 3. The van der Waals surface area contributed by atoms with Crippen LogP contribution >= 0.6 is 11.6 Å². The van der Waals surface area contributed by atoms with E-state index in [4.69, 9.17) is 17.3 Å². The van der Waals surface area contributed by atoms with Gasteiger partial charge in [0.15, 0.2) is 0 Å². The van der Waals surface area contributed by atoms with Crippen LogP contribution in [0, 0.1) is 6.92 Å².